The maximum absolute atomic E-state index is 12.8. The van der Waals surface area contributed by atoms with Gasteiger partial charge in [-0.15, -0.1) is 0 Å². The molecule has 0 unspecified atom stereocenters. The van der Waals surface area contributed by atoms with Crippen molar-refractivity contribution in [2.45, 2.75) is 83.7 Å². The largest absolute Gasteiger partial charge is 0.480 e. The lowest BCUT2D eigenvalue weighted by Gasteiger charge is -2.34. The summed E-state index contributed by atoms with van der Waals surface area (Å²) in [4.78, 5) is 25.1. The van der Waals surface area contributed by atoms with Crippen molar-refractivity contribution >= 4 is 18.0 Å². The molecule has 1 saturated carbocycles. The van der Waals surface area contributed by atoms with Crippen LogP contribution in [0.3, 0.4) is 0 Å². The van der Waals surface area contributed by atoms with Gasteiger partial charge in [0, 0.05) is 18.0 Å². The molecule has 0 saturated heterocycles. The molecule has 1 amide bonds. The molecule has 0 aromatic heterocycles. The summed E-state index contributed by atoms with van der Waals surface area (Å²) >= 11 is 0. The van der Waals surface area contributed by atoms with Crippen molar-refractivity contribution in [1.82, 2.24) is 4.90 Å². The van der Waals surface area contributed by atoms with Crippen LogP contribution in [0.4, 0.5) is 0 Å². The van der Waals surface area contributed by atoms with E-state index in [4.69, 9.17) is 5.11 Å². The number of nitrogens with zero attached hydrogens (tertiary/aromatic N) is 1. The van der Waals surface area contributed by atoms with Crippen molar-refractivity contribution < 1.29 is 19.8 Å². The molecule has 2 N–H and O–H groups in total. The first kappa shape index (κ1) is 27.7. The Morgan fingerprint density at radius 3 is 2.08 bits per heavy atom. The van der Waals surface area contributed by atoms with Crippen LogP contribution in [0.1, 0.15) is 97.0 Å². The lowest BCUT2D eigenvalue weighted by Crippen LogP contribution is -2.32. The van der Waals surface area contributed by atoms with Gasteiger partial charge < -0.3 is 15.1 Å². The number of carbonyl (C=O) groups is 2. The molecule has 0 spiro atoms. The highest BCUT2D eigenvalue weighted by molar-refractivity contribution is 5.97. The molecule has 0 radical (unpaired) electrons. The van der Waals surface area contributed by atoms with Gasteiger partial charge in [0.15, 0.2) is 0 Å². The Morgan fingerprint density at radius 1 is 0.972 bits per heavy atom. The van der Waals surface area contributed by atoms with Crippen molar-refractivity contribution in [3.8, 4) is 0 Å². The average molecular weight is 492 g/mol. The number of aliphatic hydroxyl groups is 1. The first-order valence-electron chi connectivity index (χ1n) is 13.2. The van der Waals surface area contributed by atoms with E-state index in [0.717, 1.165) is 55.2 Å². The predicted molar refractivity (Wildman–Crippen MR) is 145 cm³/mol. The number of hydrogen-bond donors (Lipinski definition) is 2. The van der Waals surface area contributed by atoms with Gasteiger partial charge in [0.1, 0.15) is 6.54 Å². The molecule has 36 heavy (non-hydrogen) atoms. The molecule has 0 bridgehead atoms. The SMILES string of the molecule is CCC(CC)(c1ccc(/C=C/C2(O)CCCCC2)c(C)c1)c1ccc(C(=O)N(C)CC(=O)O)c(C)c1. The zero-order valence-corrected chi connectivity index (χ0v) is 22.4. The van der Waals surface area contributed by atoms with Gasteiger partial charge in [0.05, 0.1) is 5.60 Å². The molecule has 3 rings (SSSR count). The first-order valence-corrected chi connectivity index (χ1v) is 13.2. The normalized spacial score (nSPS) is 15.7. The van der Waals surface area contributed by atoms with Gasteiger partial charge in [-0.25, -0.2) is 0 Å². The van der Waals surface area contributed by atoms with Crippen molar-refractivity contribution in [1.29, 1.82) is 0 Å². The Balaban J connectivity index is 1.92. The summed E-state index contributed by atoms with van der Waals surface area (Å²) in [6.45, 7) is 8.10. The number of aryl methyl sites for hydroxylation is 2. The highest BCUT2D eigenvalue weighted by Gasteiger charge is 2.32. The monoisotopic (exact) mass is 491 g/mol. The zero-order chi connectivity index (χ0) is 26.5. The Morgan fingerprint density at radius 2 is 1.56 bits per heavy atom. The minimum atomic E-state index is -1.03. The third-order valence-corrected chi connectivity index (χ3v) is 8.05. The lowest BCUT2D eigenvalue weighted by molar-refractivity contribution is -0.137. The lowest BCUT2D eigenvalue weighted by atomic mass is 9.69. The molecular formula is C31H41NO4. The van der Waals surface area contributed by atoms with E-state index < -0.39 is 11.6 Å². The Bertz CT molecular complexity index is 1120. The topological polar surface area (TPSA) is 77.8 Å². The Kier molecular flexibility index (Phi) is 8.78. The quantitative estimate of drug-likeness (QED) is 0.433. The molecule has 0 heterocycles. The van der Waals surface area contributed by atoms with Crippen molar-refractivity contribution in [3.63, 3.8) is 0 Å². The minimum Gasteiger partial charge on any atom is -0.480 e. The van der Waals surface area contributed by atoms with Gasteiger partial charge in [0.25, 0.3) is 5.91 Å². The molecule has 0 atom stereocenters. The number of rotatable bonds is 9. The number of carboxylic acids is 1. The number of likely N-dealkylation sites (N-methyl/N-ethyl adjacent to an activating group) is 1. The minimum absolute atomic E-state index is 0.201. The fourth-order valence-corrected chi connectivity index (χ4v) is 5.65. The number of carbonyl (C=O) groups excluding carboxylic acids is 1. The maximum atomic E-state index is 12.8. The zero-order valence-electron chi connectivity index (χ0n) is 22.4. The van der Waals surface area contributed by atoms with Crippen LogP contribution in [0.2, 0.25) is 0 Å². The highest BCUT2D eigenvalue weighted by atomic mass is 16.4. The van der Waals surface area contributed by atoms with Crippen LogP contribution >= 0.6 is 0 Å². The molecule has 0 aliphatic heterocycles. The summed E-state index contributed by atoms with van der Waals surface area (Å²) in [7, 11) is 1.51. The van der Waals surface area contributed by atoms with Crippen LogP contribution in [-0.4, -0.2) is 46.2 Å². The third kappa shape index (κ3) is 5.89. The van der Waals surface area contributed by atoms with Crippen LogP contribution in [0.5, 0.6) is 0 Å². The molecular weight excluding hydrogens is 450 g/mol. The average Bonchev–Trinajstić information content (AvgIpc) is 2.84. The predicted octanol–water partition coefficient (Wildman–Crippen LogP) is 6.27. The van der Waals surface area contributed by atoms with Crippen molar-refractivity contribution in [3.05, 3.63) is 75.9 Å². The van der Waals surface area contributed by atoms with Gasteiger partial charge in [-0.05, 0) is 73.4 Å². The van der Waals surface area contributed by atoms with Crippen LogP contribution in [0, 0.1) is 13.8 Å². The number of carboxylic acid groups (broad SMARTS) is 1. The van der Waals surface area contributed by atoms with Crippen LogP contribution in [0.25, 0.3) is 6.08 Å². The summed E-state index contributed by atoms with van der Waals surface area (Å²) in [5.74, 6) is -1.32. The molecule has 2 aromatic carbocycles. The van der Waals surface area contributed by atoms with Crippen LogP contribution in [-0.2, 0) is 10.2 Å². The van der Waals surface area contributed by atoms with Crippen LogP contribution in [0.15, 0.2) is 42.5 Å². The second-order valence-corrected chi connectivity index (χ2v) is 10.4. The third-order valence-electron chi connectivity index (χ3n) is 8.05. The Labute approximate surface area is 215 Å². The molecule has 2 aromatic rings. The summed E-state index contributed by atoms with van der Waals surface area (Å²) in [5, 5.41) is 19.9. The fraction of sp³-hybridized carbons (Fsp3) is 0.484. The molecule has 1 fully saturated rings. The Hall–Kier alpha value is -2.92. The molecule has 5 nitrogen and oxygen atoms in total. The van der Waals surface area contributed by atoms with E-state index in [0.29, 0.717) is 5.56 Å². The van der Waals surface area contributed by atoms with E-state index in [1.165, 1.54) is 29.5 Å². The number of benzene rings is 2. The smallest absolute Gasteiger partial charge is 0.323 e. The van der Waals surface area contributed by atoms with E-state index in [2.05, 4.69) is 51.1 Å². The van der Waals surface area contributed by atoms with Gasteiger partial charge in [0.2, 0.25) is 0 Å². The van der Waals surface area contributed by atoms with E-state index in [1.54, 1.807) is 0 Å². The van der Waals surface area contributed by atoms with E-state index in [9.17, 15) is 14.7 Å². The summed E-state index contributed by atoms with van der Waals surface area (Å²) in [6.07, 6.45) is 10.9. The second-order valence-electron chi connectivity index (χ2n) is 10.4. The van der Waals surface area contributed by atoms with Gasteiger partial charge in [-0.3, -0.25) is 9.59 Å². The van der Waals surface area contributed by atoms with E-state index >= 15 is 0 Å². The van der Waals surface area contributed by atoms with Crippen molar-refractivity contribution in [2.24, 2.45) is 0 Å². The van der Waals surface area contributed by atoms with Gasteiger partial charge in [-0.2, -0.15) is 0 Å². The summed E-state index contributed by atoms with van der Waals surface area (Å²) in [5.41, 5.74) is 5.18. The first-order chi connectivity index (χ1) is 17.0. The molecule has 5 heteroatoms. The number of aliphatic carboxylic acids is 1. The van der Waals surface area contributed by atoms with E-state index in [1.807, 2.05) is 25.1 Å². The molecule has 1 aliphatic carbocycles. The standard InChI is InChI=1S/C31H41NO4/c1-6-31(7-2,26-13-14-27(23(4)20-26)29(35)32(5)21-28(33)34)25-12-11-24(22(3)19-25)15-18-30(36)16-9-8-10-17-30/h11-15,18-20,36H,6-10,16-17,21H2,1-5H3,(H,33,34)/b18-15+. The van der Waals surface area contributed by atoms with E-state index in [-0.39, 0.29) is 17.9 Å². The number of amides is 1. The summed E-state index contributed by atoms with van der Waals surface area (Å²) < 4.78 is 0. The van der Waals surface area contributed by atoms with Gasteiger partial charge in [-0.1, -0.05) is 75.6 Å². The second kappa shape index (κ2) is 11.4. The maximum Gasteiger partial charge on any atom is 0.323 e. The van der Waals surface area contributed by atoms with Crippen molar-refractivity contribution in [2.75, 3.05) is 13.6 Å². The number of hydrogen-bond acceptors (Lipinski definition) is 3. The molecule has 1 aliphatic rings. The fourth-order valence-electron chi connectivity index (χ4n) is 5.65. The molecule has 194 valence electrons. The highest BCUT2D eigenvalue weighted by Crippen LogP contribution is 2.40. The van der Waals surface area contributed by atoms with Gasteiger partial charge >= 0.3 is 5.97 Å². The summed E-state index contributed by atoms with van der Waals surface area (Å²) in [6, 6.07) is 12.5. The van der Waals surface area contributed by atoms with Crippen LogP contribution < -0.4 is 0 Å².